The third-order valence-electron chi connectivity index (χ3n) is 6.39. The summed E-state index contributed by atoms with van der Waals surface area (Å²) in [6.45, 7) is -3.40. The van der Waals surface area contributed by atoms with Gasteiger partial charge < -0.3 is 5.11 Å². The van der Waals surface area contributed by atoms with E-state index >= 15 is 0 Å². The topological polar surface area (TPSA) is 166 Å². The predicted octanol–water partition coefficient (Wildman–Crippen LogP) is 4.89. The zero-order chi connectivity index (χ0) is 34.9. The van der Waals surface area contributed by atoms with Gasteiger partial charge in [-0.05, 0) is 48.5 Å². The Morgan fingerprint density at radius 3 is 1.79 bits per heavy atom. The fraction of sp³-hybridized carbons (Fsp3) is 0.143. The SMILES string of the molecule is N#Cc1ccc(S(=O)(=O)N(CC(F)(F)F)c2cnc(N(CC(=O)O)S(=O)(=O)c3ccc(C(=O)C(F)(F)F)cc3)c3ccccc23)cc1. The van der Waals surface area contributed by atoms with E-state index in [1.807, 2.05) is 0 Å². The molecule has 3 aromatic carbocycles. The van der Waals surface area contributed by atoms with Crippen molar-refractivity contribution in [3.05, 3.63) is 90.1 Å². The lowest BCUT2D eigenvalue weighted by molar-refractivity contribution is -0.135. The van der Waals surface area contributed by atoms with Crippen molar-refractivity contribution in [3.63, 3.8) is 0 Å². The van der Waals surface area contributed by atoms with Crippen molar-refractivity contribution >= 4 is 54.1 Å². The predicted molar refractivity (Wildman–Crippen MR) is 152 cm³/mol. The molecule has 4 aromatic rings. The van der Waals surface area contributed by atoms with Crippen molar-refractivity contribution in [2.75, 3.05) is 21.7 Å². The van der Waals surface area contributed by atoms with Crippen molar-refractivity contribution in [1.82, 2.24) is 4.98 Å². The molecular weight excluding hydrogens is 682 g/mol. The molecule has 0 radical (unpaired) electrons. The number of fused-ring (bicyclic) bond motifs is 1. The van der Waals surface area contributed by atoms with Crippen LogP contribution < -0.4 is 8.61 Å². The highest BCUT2D eigenvalue weighted by atomic mass is 32.2. The van der Waals surface area contributed by atoms with Gasteiger partial charge in [-0.2, -0.15) is 31.6 Å². The zero-order valence-corrected chi connectivity index (χ0v) is 24.8. The number of carboxylic acids is 1. The second-order valence-corrected chi connectivity index (χ2v) is 13.3. The first kappa shape index (κ1) is 34.6. The monoisotopic (exact) mass is 700 g/mol. The van der Waals surface area contributed by atoms with Gasteiger partial charge in [0.1, 0.15) is 13.1 Å². The van der Waals surface area contributed by atoms with Gasteiger partial charge >= 0.3 is 18.3 Å². The second-order valence-electron chi connectivity index (χ2n) is 9.53. The molecule has 19 heteroatoms. The molecule has 0 aliphatic carbocycles. The number of hydrogen-bond acceptors (Lipinski definition) is 8. The third-order valence-corrected chi connectivity index (χ3v) is 9.92. The van der Waals surface area contributed by atoms with Crippen LogP contribution in [0.15, 0.2) is 88.8 Å². The molecule has 1 aromatic heterocycles. The summed E-state index contributed by atoms with van der Waals surface area (Å²) in [5, 5.41) is 17.9. The van der Waals surface area contributed by atoms with E-state index in [-0.39, 0.29) is 24.9 Å². The van der Waals surface area contributed by atoms with Crippen molar-refractivity contribution < 1.29 is 57.9 Å². The number of aliphatic carboxylic acids is 1. The van der Waals surface area contributed by atoms with Crippen LogP contribution in [0.2, 0.25) is 0 Å². The van der Waals surface area contributed by atoms with Crippen molar-refractivity contribution in [2.45, 2.75) is 22.1 Å². The minimum Gasteiger partial charge on any atom is -0.480 e. The number of carbonyl (C=O) groups excluding carboxylic acids is 1. The minimum atomic E-state index is -5.27. The third kappa shape index (κ3) is 7.28. The van der Waals surface area contributed by atoms with Crippen molar-refractivity contribution in [3.8, 4) is 6.07 Å². The highest BCUT2D eigenvalue weighted by molar-refractivity contribution is 7.93. The Hall–Kier alpha value is -5.22. The number of hydrogen-bond donors (Lipinski definition) is 1. The van der Waals surface area contributed by atoms with Gasteiger partial charge in [0.25, 0.3) is 25.8 Å². The van der Waals surface area contributed by atoms with Crippen LogP contribution in [0.5, 0.6) is 0 Å². The molecule has 1 heterocycles. The summed E-state index contributed by atoms with van der Waals surface area (Å²) in [5.74, 6) is -4.69. The zero-order valence-electron chi connectivity index (χ0n) is 23.2. The normalized spacial score (nSPS) is 12.4. The van der Waals surface area contributed by atoms with E-state index in [0.717, 1.165) is 36.4 Å². The van der Waals surface area contributed by atoms with Crippen molar-refractivity contribution in [1.29, 1.82) is 5.26 Å². The van der Waals surface area contributed by atoms with Crippen LogP contribution >= 0.6 is 0 Å². The first-order valence-corrected chi connectivity index (χ1v) is 15.6. The summed E-state index contributed by atoms with van der Waals surface area (Å²) in [6.07, 6.45) is -9.79. The number of anilines is 2. The second kappa shape index (κ2) is 12.5. The Balaban J connectivity index is 1.91. The van der Waals surface area contributed by atoms with Gasteiger partial charge in [-0.25, -0.2) is 26.1 Å². The molecule has 246 valence electrons. The number of halogens is 6. The number of Topliss-reactive ketones (excluding diaryl/α,β-unsaturated/α-hetero) is 1. The van der Waals surface area contributed by atoms with Gasteiger partial charge in [0.2, 0.25) is 0 Å². The fourth-order valence-corrected chi connectivity index (χ4v) is 7.16. The molecule has 0 spiro atoms. The number of benzene rings is 3. The lowest BCUT2D eigenvalue weighted by Crippen LogP contribution is -2.40. The number of pyridine rings is 1. The molecule has 0 unspecified atom stereocenters. The molecule has 0 bridgehead atoms. The smallest absolute Gasteiger partial charge is 0.454 e. The van der Waals surface area contributed by atoms with Crippen LogP contribution in [0, 0.1) is 11.3 Å². The molecule has 0 aliphatic heterocycles. The number of alkyl halides is 6. The van der Waals surface area contributed by atoms with Gasteiger partial charge in [-0.15, -0.1) is 0 Å². The summed E-state index contributed by atoms with van der Waals surface area (Å²) >= 11 is 0. The van der Waals surface area contributed by atoms with Crippen LogP contribution in [0.1, 0.15) is 15.9 Å². The van der Waals surface area contributed by atoms with E-state index in [9.17, 15) is 57.9 Å². The van der Waals surface area contributed by atoms with E-state index in [0.29, 0.717) is 30.5 Å². The number of ketones is 1. The molecule has 11 nitrogen and oxygen atoms in total. The number of carboxylic acid groups (broad SMARTS) is 1. The molecule has 1 N–H and O–H groups in total. The number of rotatable bonds is 10. The standard InChI is InChI=1S/C28H18F6N4O7S2/c29-27(30,31)16-38(47(44,45)19-9-5-17(13-35)6-10-19)23-14-36-26(22-4-2-1-3-21(22)23)37(15-24(39)40)46(42,43)20-11-7-18(8-12-20)25(41)28(32,33)34/h1-12,14H,15-16H2,(H,39,40). The molecule has 0 saturated carbocycles. The Bertz CT molecular complexity index is 2110. The number of aromatic nitrogens is 1. The van der Waals surface area contributed by atoms with E-state index in [2.05, 4.69) is 4.98 Å². The summed E-state index contributed by atoms with van der Waals surface area (Å²) in [5.41, 5.74) is -1.57. The van der Waals surface area contributed by atoms with Gasteiger partial charge in [0, 0.05) is 16.3 Å². The van der Waals surface area contributed by atoms with Crippen LogP contribution in [-0.2, 0) is 24.8 Å². The van der Waals surface area contributed by atoms with Crippen molar-refractivity contribution in [2.24, 2.45) is 0 Å². The van der Waals surface area contributed by atoms with Gasteiger partial charge in [0.05, 0.1) is 33.3 Å². The Kier molecular flexibility index (Phi) is 9.23. The maximum Gasteiger partial charge on any atom is 0.454 e. The van der Waals surface area contributed by atoms with E-state index in [4.69, 9.17) is 5.26 Å². The highest BCUT2D eigenvalue weighted by Crippen LogP contribution is 2.38. The van der Waals surface area contributed by atoms with Gasteiger partial charge in [-0.3, -0.25) is 13.9 Å². The molecule has 0 saturated heterocycles. The Morgan fingerprint density at radius 2 is 1.30 bits per heavy atom. The fourth-order valence-electron chi connectivity index (χ4n) is 4.32. The maximum atomic E-state index is 13.8. The molecular formula is C28H18F6N4O7S2. The van der Waals surface area contributed by atoms with E-state index in [1.54, 1.807) is 6.07 Å². The van der Waals surface area contributed by atoms with Crippen LogP contribution in [-0.4, -0.2) is 64.1 Å². The van der Waals surface area contributed by atoms with Gasteiger partial charge in [-0.1, -0.05) is 24.3 Å². The number of carbonyl (C=O) groups is 2. The quantitative estimate of drug-likeness (QED) is 0.179. The summed E-state index contributed by atoms with van der Waals surface area (Å²) in [6, 6.07) is 12.9. The van der Waals surface area contributed by atoms with Gasteiger partial charge in [0.15, 0.2) is 5.82 Å². The first-order chi connectivity index (χ1) is 21.8. The average Bonchev–Trinajstić information content (AvgIpc) is 3.01. The Labute approximate surface area is 262 Å². The van der Waals surface area contributed by atoms with E-state index in [1.165, 1.54) is 12.1 Å². The average molecular weight is 701 g/mol. The summed E-state index contributed by atoms with van der Waals surface area (Å²) in [7, 11) is -10.0. The minimum absolute atomic E-state index is 0.0177. The maximum absolute atomic E-state index is 13.8. The first-order valence-electron chi connectivity index (χ1n) is 12.7. The van der Waals surface area contributed by atoms with Crippen LogP contribution in [0.25, 0.3) is 10.8 Å². The number of sulfonamides is 2. The molecule has 47 heavy (non-hydrogen) atoms. The number of nitriles is 1. The largest absolute Gasteiger partial charge is 0.480 e. The Morgan fingerprint density at radius 1 is 0.787 bits per heavy atom. The molecule has 4 rings (SSSR count). The lowest BCUT2D eigenvalue weighted by atomic mass is 10.1. The molecule has 0 amide bonds. The lowest BCUT2D eigenvalue weighted by Gasteiger charge is -2.28. The molecule has 0 atom stereocenters. The van der Waals surface area contributed by atoms with Crippen LogP contribution in [0.4, 0.5) is 37.8 Å². The molecule has 0 aliphatic rings. The van der Waals surface area contributed by atoms with E-state index < -0.39 is 84.1 Å². The summed E-state index contributed by atoms with van der Waals surface area (Å²) in [4.78, 5) is 25.8. The highest BCUT2D eigenvalue weighted by Gasteiger charge is 2.41. The number of nitrogens with zero attached hydrogens (tertiary/aromatic N) is 4. The summed E-state index contributed by atoms with van der Waals surface area (Å²) < 4.78 is 134. The van der Waals surface area contributed by atoms with Crippen LogP contribution in [0.3, 0.4) is 0 Å². The molecule has 0 fully saturated rings.